The fraction of sp³-hybridized carbons (Fsp3) is 0.400. The minimum atomic E-state index is -0.153. The van der Waals surface area contributed by atoms with Gasteiger partial charge >= 0.3 is 0 Å². The quantitative estimate of drug-likeness (QED) is 0.835. The molecule has 0 unspecified atom stereocenters. The molecule has 1 saturated heterocycles. The predicted octanol–water partition coefficient (Wildman–Crippen LogP) is 2.69. The smallest absolute Gasteiger partial charge is 0.257 e. The molecule has 0 saturated carbocycles. The van der Waals surface area contributed by atoms with E-state index in [1.165, 1.54) is 0 Å². The van der Waals surface area contributed by atoms with E-state index in [0.717, 1.165) is 61.9 Å². The second-order valence-electron chi connectivity index (χ2n) is 6.67. The van der Waals surface area contributed by atoms with E-state index in [1.807, 2.05) is 32.0 Å². The number of hydrogen-bond donors (Lipinski definition) is 2. The van der Waals surface area contributed by atoms with Crippen LogP contribution in [0, 0.1) is 13.8 Å². The van der Waals surface area contributed by atoms with Gasteiger partial charge in [0, 0.05) is 44.3 Å². The molecular formula is C20H26N4O2. The molecular weight excluding hydrogens is 328 g/mol. The van der Waals surface area contributed by atoms with Crippen LogP contribution in [0.15, 0.2) is 36.7 Å². The van der Waals surface area contributed by atoms with E-state index in [4.69, 9.17) is 4.74 Å². The van der Waals surface area contributed by atoms with Gasteiger partial charge in [0.25, 0.3) is 5.91 Å². The van der Waals surface area contributed by atoms with Crippen molar-refractivity contribution < 1.29 is 9.53 Å². The summed E-state index contributed by atoms with van der Waals surface area (Å²) in [6.07, 6.45) is 3.33. The van der Waals surface area contributed by atoms with Crippen molar-refractivity contribution in [3.8, 4) is 0 Å². The molecule has 0 bridgehead atoms. The van der Waals surface area contributed by atoms with Crippen LogP contribution in [0.3, 0.4) is 0 Å². The normalized spacial score (nSPS) is 14.8. The number of carbonyl (C=O) groups is 1. The molecule has 6 heteroatoms. The molecule has 0 spiro atoms. The maximum Gasteiger partial charge on any atom is 0.257 e. The number of benzene rings is 1. The van der Waals surface area contributed by atoms with Crippen LogP contribution in [0.5, 0.6) is 0 Å². The van der Waals surface area contributed by atoms with Gasteiger partial charge in [-0.3, -0.25) is 14.7 Å². The highest BCUT2D eigenvalue weighted by atomic mass is 16.5. The Hall–Kier alpha value is -2.44. The highest BCUT2D eigenvalue weighted by molar-refractivity contribution is 6.04. The van der Waals surface area contributed by atoms with Gasteiger partial charge in [0.15, 0.2) is 0 Å². The highest BCUT2D eigenvalue weighted by Crippen LogP contribution is 2.16. The Kier molecular flexibility index (Phi) is 6.20. The number of aromatic nitrogens is 1. The van der Waals surface area contributed by atoms with Crippen molar-refractivity contribution in [2.75, 3.05) is 50.0 Å². The second kappa shape index (κ2) is 8.78. The molecule has 26 heavy (non-hydrogen) atoms. The van der Waals surface area contributed by atoms with Crippen molar-refractivity contribution in [1.29, 1.82) is 0 Å². The Balaban J connectivity index is 1.56. The minimum absolute atomic E-state index is 0.153. The monoisotopic (exact) mass is 354 g/mol. The van der Waals surface area contributed by atoms with Gasteiger partial charge in [-0.25, -0.2) is 0 Å². The third-order valence-electron chi connectivity index (χ3n) is 4.34. The van der Waals surface area contributed by atoms with Crippen molar-refractivity contribution >= 4 is 17.3 Å². The van der Waals surface area contributed by atoms with Crippen LogP contribution in [-0.4, -0.2) is 55.2 Å². The fourth-order valence-electron chi connectivity index (χ4n) is 3.09. The van der Waals surface area contributed by atoms with Gasteiger partial charge in [-0.15, -0.1) is 0 Å². The standard InChI is InChI=1S/C20H26N4O2/c1-15-9-16(2)11-18(10-15)23-20(25)17-12-19(14-21-13-17)22-3-4-24-5-7-26-8-6-24/h9-14,22H,3-8H2,1-2H3,(H,23,25). The van der Waals surface area contributed by atoms with Crippen LogP contribution in [-0.2, 0) is 4.74 Å². The molecule has 0 atom stereocenters. The molecule has 3 rings (SSSR count). The van der Waals surface area contributed by atoms with Crippen molar-refractivity contribution in [3.63, 3.8) is 0 Å². The largest absolute Gasteiger partial charge is 0.382 e. The molecule has 138 valence electrons. The first-order valence-electron chi connectivity index (χ1n) is 8.99. The van der Waals surface area contributed by atoms with Gasteiger partial charge in [0.2, 0.25) is 0 Å². The van der Waals surface area contributed by atoms with Gasteiger partial charge in [-0.2, -0.15) is 0 Å². The van der Waals surface area contributed by atoms with Crippen LogP contribution in [0.2, 0.25) is 0 Å². The number of morpholine rings is 1. The molecule has 0 aliphatic carbocycles. The van der Waals surface area contributed by atoms with Gasteiger partial charge < -0.3 is 15.4 Å². The zero-order valence-electron chi connectivity index (χ0n) is 15.4. The maximum atomic E-state index is 12.5. The fourth-order valence-corrected chi connectivity index (χ4v) is 3.09. The van der Waals surface area contributed by atoms with Gasteiger partial charge in [-0.05, 0) is 43.2 Å². The third-order valence-corrected chi connectivity index (χ3v) is 4.34. The second-order valence-corrected chi connectivity index (χ2v) is 6.67. The summed E-state index contributed by atoms with van der Waals surface area (Å²) in [6, 6.07) is 7.84. The van der Waals surface area contributed by atoms with Crippen LogP contribution in [0.4, 0.5) is 11.4 Å². The number of hydrogen-bond acceptors (Lipinski definition) is 5. The first kappa shape index (κ1) is 18.4. The first-order valence-corrected chi connectivity index (χ1v) is 8.99. The number of pyridine rings is 1. The van der Waals surface area contributed by atoms with Crippen molar-refractivity contribution in [2.24, 2.45) is 0 Å². The van der Waals surface area contributed by atoms with Crippen molar-refractivity contribution in [2.45, 2.75) is 13.8 Å². The number of anilines is 2. The zero-order valence-corrected chi connectivity index (χ0v) is 15.4. The van der Waals surface area contributed by atoms with E-state index < -0.39 is 0 Å². The van der Waals surface area contributed by atoms with Crippen LogP contribution in [0.25, 0.3) is 0 Å². The molecule has 1 amide bonds. The number of ether oxygens (including phenoxy) is 1. The minimum Gasteiger partial charge on any atom is -0.382 e. The molecule has 1 aliphatic heterocycles. The first-order chi connectivity index (χ1) is 12.6. The number of carbonyl (C=O) groups excluding carboxylic acids is 1. The summed E-state index contributed by atoms with van der Waals surface area (Å²) in [7, 11) is 0. The predicted molar refractivity (Wildman–Crippen MR) is 104 cm³/mol. The van der Waals surface area contributed by atoms with E-state index in [0.29, 0.717) is 5.56 Å². The van der Waals surface area contributed by atoms with Crippen molar-refractivity contribution in [3.05, 3.63) is 53.3 Å². The van der Waals surface area contributed by atoms with E-state index in [2.05, 4.69) is 26.6 Å². The molecule has 1 aliphatic rings. The molecule has 6 nitrogen and oxygen atoms in total. The van der Waals surface area contributed by atoms with Crippen LogP contribution in [0.1, 0.15) is 21.5 Å². The summed E-state index contributed by atoms with van der Waals surface area (Å²) >= 11 is 0. The number of aryl methyl sites for hydroxylation is 2. The number of amides is 1. The van der Waals surface area contributed by atoms with Gasteiger partial charge in [-0.1, -0.05) is 6.07 Å². The van der Waals surface area contributed by atoms with E-state index in [9.17, 15) is 4.79 Å². The Morgan fingerprint density at radius 2 is 1.81 bits per heavy atom. The van der Waals surface area contributed by atoms with Crippen molar-refractivity contribution in [1.82, 2.24) is 9.88 Å². The number of rotatable bonds is 6. The SMILES string of the molecule is Cc1cc(C)cc(NC(=O)c2cncc(NCCN3CCOCC3)c2)c1. The van der Waals surface area contributed by atoms with Crippen LogP contribution < -0.4 is 10.6 Å². The topological polar surface area (TPSA) is 66.5 Å². The van der Waals surface area contributed by atoms with Crippen LogP contribution >= 0.6 is 0 Å². The molecule has 2 heterocycles. The van der Waals surface area contributed by atoms with Gasteiger partial charge in [0.05, 0.1) is 24.5 Å². The number of nitrogens with zero attached hydrogens (tertiary/aromatic N) is 2. The Bertz CT molecular complexity index is 737. The summed E-state index contributed by atoms with van der Waals surface area (Å²) in [5.41, 5.74) is 4.44. The summed E-state index contributed by atoms with van der Waals surface area (Å²) < 4.78 is 5.35. The third kappa shape index (κ3) is 5.28. The summed E-state index contributed by atoms with van der Waals surface area (Å²) in [5.74, 6) is -0.153. The highest BCUT2D eigenvalue weighted by Gasteiger charge is 2.11. The lowest BCUT2D eigenvalue weighted by Gasteiger charge is -2.26. The average molecular weight is 354 g/mol. The Labute approximate surface area is 154 Å². The summed E-state index contributed by atoms with van der Waals surface area (Å²) in [5, 5.41) is 6.29. The molecule has 2 aromatic rings. The molecule has 0 radical (unpaired) electrons. The van der Waals surface area contributed by atoms with E-state index in [-0.39, 0.29) is 5.91 Å². The summed E-state index contributed by atoms with van der Waals surface area (Å²) in [4.78, 5) is 19.1. The maximum absolute atomic E-state index is 12.5. The van der Waals surface area contributed by atoms with E-state index in [1.54, 1.807) is 12.4 Å². The Morgan fingerprint density at radius 1 is 1.08 bits per heavy atom. The zero-order chi connectivity index (χ0) is 18.4. The van der Waals surface area contributed by atoms with Gasteiger partial charge in [0.1, 0.15) is 0 Å². The lowest BCUT2D eigenvalue weighted by molar-refractivity contribution is 0.0398. The Morgan fingerprint density at radius 3 is 2.54 bits per heavy atom. The van der Waals surface area contributed by atoms with E-state index >= 15 is 0 Å². The molecule has 1 aromatic carbocycles. The lowest BCUT2D eigenvalue weighted by atomic mass is 10.1. The lowest BCUT2D eigenvalue weighted by Crippen LogP contribution is -2.39. The number of nitrogens with one attached hydrogen (secondary N) is 2. The molecule has 2 N–H and O–H groups in total. The summed E-state index contributed by atoms with van der Waals surface area (Å²) in [6.45, 7) is 9.33. The molecule has 1 aromatic heterocycles. The molecule has 1 fully saturated rings. The average Bonchev–Trinajstić information content (AvgIpc) is 2.62.